The van der Waals surface area contributed by atoms with Crippen LogP contribution in [-0.2, 0) is 4.79 Å². The lowest BCUT2D eigenvalue weighted by Gasteiger charge is -2.04. The summed E-state index contributed by atoms with van der Waals surface area (Å²) in [4.78, 5) is 10.2. The second-order valence-electron chi connectivity index (χ2n) is 3.68. The first-order chi connectivity index (χ1) is 4.93. The second-order valence-corrected chi connectivity index (χ2v) is 3.68. The Kier molecular flexibility index (Phi) is 1.51. The van der Waals surface area contributed by atoms with E-state index in [2.05, 4.69) is 0 Å². The van der Waals surface area contributed by atoms with Crippen molar-refractivity contribution in [2.45, 2.75) is 32.1 Å². The lowest BCUT2D eigenvalue weighted by atomic mass is 10.0. The quantitative estimate of drug-likeness (QED) is 0.533. The van der Waals surface area contributed by atoms with Gasteiger partial charge >= 0.3 is 0 Å². The Morgan fingerprint density at radius 1 is 1.20 bits per heavy atom. The Labute approximate surface area is 61.8 Å². The van der Waals surface area contributed by atoms with Crippen LogP contribution in [0.15, 0.2) is 0 Å². The van der Waals surface area contributed by atoms with E-state index >= 15 is 0 Å². The van der Waals surface area contributed by atoms with E-state index in [4.69, 9.17) is 0 Å². The lowest BCUT2D eigenvalue weighted by molar-refractivity contribution is -0.108. The molecular weight excluding hydrogens is 124 g/mol. The number of carbonyl (C=O) groups is 1. The van der Waals surface area contributed by atoms with Gasteiger partial charge in [0.25, 0.3) is 0 Å². The molecule has 0 N–H and O–H groups in total. The van der Waals surface area contributed by atoms with Gasteiger partial charge in [-0.05, 0) is 30.6 Å². The average molecular weight is 138 g/mol. The van der Waals surface area contributed by atoms with Crippen molar-refractivity contribution in [1.29, 1.82) is 0 Å². The van der Waals surface area contributed by atoms with Crippen molar-refractivity contribution >= 4 is 6.29 Å². The van der Waals surface area contributed by atoms with E-state index in [1.807, 2.05) is 0 Å². The van der Waals surface area contributed by atoms with Gasteiger partial charge in [-0.15, -0.1) is 0 Å². The predicted molar refractivity (Wildman–Crippen MR) is 39.6 cm³/mol. The van der Waals surface area contributed by atoms with Crippen molar-refractivity contribution in [3.05, 3.63) is 0 Å². The van der Waals surface area contributed by atoms with E-state index in [1.54, 1.807) is 0 Å². The molecule has 0 aliphatic heterocycles. The largest absolute Gasteiger partial charge is 0.303 e. The summed E-state index contributed by atoms with van der Waals surface area (Å²) in [6, 6.07) is 0. The van der Waals surface area contributed by atoms with E-state index < -0.39 is 0 Å². The van der Waals surface area contributed by atoms with Crippen LogP contribution in [0.4, 0.5) is 0 Å². The van der Waals surface area contributed by atoms with Crippen LogP contribution in [0.3, 0.4) is 0 Å². The third-order valence-corrected chi connectivity index (χ3v) is 3.20. The van der Waals surface area contributed by atoms with Gasteiger partial charge in [-0.1, -0.05) is 12.8 Å². The molecule has 2 aliphatic rings. The molecule has 2 aliphatic carbocycles. The highest BCUT2D eigenvalue weighted by Gasteiger charge is 2.49. The van der Waals surface area contributed by atoms with Gasteiger partial charge in [0, 0.05) is 6.42 Å². The maximum Gasteiger partial charge on any atom is 0.120 e. The van der Waals surface area contributed by atoms with Crippen molar-refractivity contribution in [2.24, 2.45) is 17.8 Å². The zero-order valence-corrected chi connectivity index (χ0v) is 6.25. The molecule has 2 saturated carbocycles. The molecule has 0 saturated heterocycles. The Hall–Kier alpha value is -0.330. The summed E-state index contributed by atoms with van der Waals surface area (Å²) < 4.78 is 0. The molecule has 0 aromatic heterocycles. The highest BCUT2D eigenvalue weighted by atomic mass is 16.1. The van der Waals surface area contributed by atoms with Crippen molar-refractivity contribution in [1.82, 2.24) is 0 Å². The minimum atomic E-state index is 0.806. The van der Waals surface area contributed by atoms with Crippen LogP contribution in [0, 0.1) is 17.8 Å². The Morgan fingerprint density at radius 3 is 2.30 bits per heavy atom. The van der Waals surface area contributed by atoms with E-state index in [0.29, 0.717) is 0 Å². The molecule has 0 heterocycles. The van der Waals surface area contributed by atoms with Crippen LogP contribution in [-0.4, -0.2) is 6.29 Å². The number of aldehydes is 1. The van der Waals surface area contributed by atoms with Crippen LogP contribution in [0.5, 0.6) is 0 Å². The fourth-order valence-corrected chi connectivity index (χ4v) is 2.60. The van der Waals surface area contributed by atoms with E-state index in [1.165, 1.54) is 25.7 Å². The van der Waals surface area contributed by atoms with Crippen molar-refractivity contribution in [3.63, 3.8) is 0 Å². The summed E-state index contributed by atoms with van der Waals surface area (Å²) in [5.74, 6) is 2.72. The standard InChI is InChI=1S/C9H14O/c10-6-5-9-7-3-1-2-4-8(7)9/h6-9H,1-5H2. The Balaban J connectivity index is 1.87. The zero-order chi connectivity index (χ0) is 6.97. The minimum absolute atomic E-state index is 0.806. The zero-order valence-electron chi connectivity index (χ0n) is 6.25. The number of carbonyl (C=O) groups excluding carboxylic acids is 1. The molecule has 1 heteroatoms. The molecule has 2 atom stereocenters. The first-order valence-electron chi connectivity index (χ1n) is 4.37. The van der Waals surface area contributed by atoms with Gasteiger partial charge in [-0.2, -0.15) is 0 Å². The normalized spacial score (nSPS) is 44.2. The maximum absolute atomic E-state index is 10.2. The molecular formula is C9H14O. The molecule has 0 spiro atoms. The van der Waals surface area contributed by atoms with Crippen molar-refractivity contribution in [3.8, 4) is 0 Å². The molecule has 56 valence electrons. The summed E-state index contributed by atoms with van der Waals surface area (Å²) >= 11 is 0. The Bertz CT molecular complexity index is 130. The number of fused-ring (bicyclic) bond motifs is 1. The maximum atomic E-state index is 10.2. The van der Waals surface area contributed by atoms with Gasteiger partial charge < -0.3 is 4.79 Å². The summed E-state index contributed by atoms with van der Waals surface area (Å²) in [5, 5.41) is 0. The molecule has 0 radical (unpaired) electrons. The predicted octanol–water partition coefficient (Wildman–Crippen LogP) is 2.01. The first kappa shape index (κ1) is 6.38. The van der Waals surface area contributed by atoms with E-state index in [-0.39, 0.29) is 0 Å². The lowest BCUT2D eigenvalue weighted by Crippen LogP contribution is -1.91. The minimum Gasteiger partial charge on any atom is -0.303 e. The molecule has 0 aromatic rings. The number of rotatable bonds is 2. The first-order valence-corrected chi connectivity index (χ1v) is 4.37. The van der Waals surface area contributed by atoms with E-state index in [9.17, 15) is 4.79 Å². The average Bonchev–Trinajstić information content (AvgIpc) is 2.66. The smallest absolute Gasteiger partial charge is 0.120 e. The molecule has 0 amide bonds. The SMILES string of the molecule is O=CCC1C2CCCCC12. The summed E-state index contributed by atoms with van der Waals surface area (Å²) in [5.41, 5.74) is 0. The third-order valence-electron chi connectivity index (χ3n) is 3.20. The van der Waals surface area contributed by atoms with E-state index in [0.717, 1.165) is 30.5 Å². The molecule has 0 bridgehead atoms. The van der Waals surface area contributed by atoms with Crippen LogP contribution in [0.25, 0.3) is 0 Å². The van der Waals surface area contributed by atoms with Crippen molar-refractivity contribution in [2.75, 3.05) is 0 Å². The van der Waals surface area contributed by atoms with Crippen LogP contribution >= 0.6 is 0 Å². The van der Waals surface area contributed by atoms with Crippen molar-refractivity contribution < 1.29 is 4.79 Å². The molecule has 2 rings (SSSR count). The van der Waals surface area contributed by atoms with Gasteiger partial charge in [0.05, 0.1) is 0 Å². The summed E-state index contributed by atoms with van der Waals surface area (Å²) in [6.45, 7) is 0. The second kappa shape index (κ2) is 2.37. The molecule has 0 aromatic carbocycles. The van der Waals surface area contributed by atoms with Crippen LogP contribution in [0.2, 0.25) is 0 Å². The van der Waals surface area contributed by atoms with Gasteiger partial charge in [-0.3, -0.25) is 0 Å². The topological polar surface area (TPSA) is 17.1 Å². The Morgan fingerprint density at radius 2 is 1.80 bits per heavy atom. The fourth-order valence-electron chi connectivity index (χ4n) is 2.60. The summed E-state index contributed by atoms with van der Waals surface area (Å²) in [6.07, 6.45) is 7.58. The highest BCUT2D eigenvalue weighted by Crippen LogP contribution is 2.56. The molecule has 1 nitrogen and oxygen atoms in total. The van der Waals surface area contributed by atoms with Gasteiger partial charge in [0.2, 0.25) is 0 Å². The van der Waals surface area contributed by atoms with Crippen LogP contribution < -0.4 is 0 Å². The fraction of sp³-hybridized carbons (Fsp3) is 0.889. The summed E-state index contributed by atoms with van der Waals surface area (Å²) in [7, 11) is 0. The van der Waals surface area contributed by atoms with Gasteiger partial charge in [0.15, 0.2) is 0 Å². The third kappa shape index (κ3) is 0.882. The van der Waals surface area contributed by atoms with Gasteiger partial charge in [-0.25, -0.2) is 0 Å². The number of hydrogen-bond donors (Lipinski definition) is 0. The molecule has 2 fully saturated rings. The highest BCUT2D eigenvalue weighted by molar-refractivity contribution is 5.50. The molecule has 10 heavy (non-hydrogen) atoms. The monoisotopic (exact) mass is 138 g/mol. The van der Waals surface area contributed by atoms with Crippen LogP contribution in [0.1, 0.15) is 32.1 Å². The molecule has 2 unspecified atom stereocenters. The number of hydrogen-bond acceptors (Lipinski definition) is 1. The van der Waals surface area contributed by atoms with Gasteiger partial charge in [0.1, 0.15) is 6.29 Å².